The van der Waals surface area contributed by atoms with E-state index in [1.165, 1.54) is 13.3 Å². The van der Waals surface area contributed by atoms with Crippen LogP contribution in [0.2, 0.25) is 0 Å². The minimum Gasteiger partial charge on any atom is -0.495 e. The Labute approximate surface area is 163 Å². The number of halogens is 3. The van der Waals surface area contributed by atoms with Gasteiger partial charge in [-0.05, 0) is 44.1 Å². The highest BCUT2D eigenvalue weighted by Gasteiger charge is 2.40. The third-order valence-corrected chi connectivity index (χ3v) is 5.18. The van der Waals surface area contributed by atoms with E-state index in [4.69, 9.17) is 4.74 Å². The van der Waals surface area contributed by atoms with E-state index in [9.17, 15) is 23.1 Å². The van der Waals surface area contributed by atoms with Gasteiger partial charge in [-0.2, -0.15) is 13.2 Å². The third-order valence-electron chi connectivity index (χ3n) is 5.18. The second-order valence-corrected chi connectivity index (χ2v) is 7.09. The van der Waals surface area contributed by atoms with Crippen LogP contribution >= 0.6 is 0 Å². The number of amides is 1. The predicted molar refractivity (Wildman–Crippen MR) is 100.0 cm³/mol. The maximum Gasteiger partial charge on any atom is 0.391 e. The van der Waals surface area contributed by atoms with Gasteiger partial charge in [-0.3, -0.25) is 4.79 Å². The summed E-state index contributed by atoms with van der Waals surface area (Å²) in [6, 6.07) is 1.23. The number of carbonyl (C=O) groups is 1. The number of aromatic nitrogens is 1. The molecule has 2 rings (SSSR count). The molecule has 156 valence electrons. The zero-order chi connectivity index (χ0) is 20.7. The fourth-order valence-corrected chi connectivity index (χ4v) is 3.30. The molecule has 1 aromatic rings. The van der Waals surface area contributed by atoms with Crippen molar-refractivity contribution in [3.8, 4) is 5.75 Å². The number of hydrogen-bond acceptors (Lipinski definition) is 4. The van der Waals surface area contributed by atoms with Crippen LogP contribution in [-0.4, -0.2) is 41.9 Å². The summed E-state index contributed by atoms with van der Waals surface area (Å²) >= 11 is 0. The molecule has 1 fully saturated rings. The van der Waals surface area contributed by atoms with E-state index in [0.717, 1.165) is 0 Å². The standard InChI is InChI=1S/C20H27F3N2O3/c1-3-16(12-26)25-19(27)17-10-14(18(28-2)11-24-17)7-4-13-5-8-15(9-6-13)20(21,22)23/h4,7,10-11,13,15-16,26H,3,5-6,8-9,12H2,1-2H3,(H,25,27). The van der Waals surface area contributed by atoms with E-state index < -0.39 is 18.0 Å². The Hall–Kier alpha value is -2.09. The number of pyridine rings is 1. The summed E-state index contributed by atoms with van der Waals surface area (Å²) in [5, 5.41) is 11.9. The molecular formula is C20H27F3N2O3. The molecular weight excluding hydrogens is 373 g/mol. The molecule has 1 aromatic heterocycles. The third kappa shape index (κ3) is 5.95. The number of ether oxygens (including phenoxy) is 1. The van der Waals surface area contributed by atoms with Crippen molar-refractivity contribution in [2.45, 2.75) is 51.2 Å². The molecule has 1 atom stereocenters. The summed E-state index contributed by atoms with van der Waals surface area (Å²) in [4.78, 5) is 16.4. The molecule has 1 unspecified atom stereocenters. The summed E-state index contributed by atoms with van der Waals surface area (Å²) < 4.78 is 43.6. The quantitative estimate of drug-likeness (QED) is 0.727. The van der Waals surface area contributed by atoms with Gasteiger partial charge in [-0.1, -0.05) is 19.1 Å². The largest absolute Gasteiger partial charge is 0.495 e. The Morgan fingerprint density at radius 1 is 1.39 bits per heavy atom. The van der Waals surface area contributed by atoms with Crippen LogP contribution in [0.1, 0.15) is 55.1 Å². The molecule has 1 aliphatic carbocycles. The first-order valence-electron chi connectivity index (χ1n) is 9.49. The highest BCUT2D eigenvalue weighted by molar-refractivity contribution is 5.93. The molecule has 0 bridgehead atoms. The van der Waals surface area contributed by atoms with Crippen LogP contribution in [0.25, 0.3) is 6.08 Å². The number of aliphatic hydroxyl groups excluding tert-OH is 1. The maximum atomic E-state index is 12.8. The molecule has 5 nitrogen and oxygen atoms in total. The average Bonchev–Trinajstić information content (AvgIpc) is 2.69. The fourth-order valence-electron chi connectivity index (χ4n) is 3.30. The fraction of sp³-hybridized carbons (Fsp3) is 0.600. The number of alkyl halides is 3. The van der Waals surface area contributed by atoms with E-state index in [0.29, 0.717) is 30.6 Å². The number of rotatable bonds is 7. The lowest BCUT2D eigenvalue weighted by Gasteiger charge is -2.28. The van der Waals surface area contributed by atoms with Gasteiger partial charge in [0, 0.05) is 5.56 Å². The number of carbonyl (C=O) groups excluding carboxylic acids is 1. The van der Waals surface area contributed by atoms with E-state index in [1.54, 1.807) is 12.1 Å². The molecule has 1 amide bonds. The lowest BCUT2D eigenvalue weighted by Crippen LogP contribution is -2.37. The van der Waals surface area contributed by atoms with Crippen molar-refractivity contribution in [2.75, 3.05) is 13.7 Å². The molecule has 28 heavy (non-hydrogen) atoms. The Morgan fingerprint density at radius 2 is 2.07 bits per heavy atom. The Balaban J connectivity index is 2.08. The molecule has 1 saturated carbocycles. The molecule has 0 saturated heterocycles. The number of hydrogen-bond donors (Lipinski definition) is 2. The molecule has 8 heteroatoms. The van der Waals surface area contributed by atoms with Crippen LogP contribution < -0.4 is 10.1 Å². The van der Waals surface area contributed by atoms with Crippen molar-refractivity contribution in [3.63, 3.8) is 0 Å². The first-order valence-corrected chi connectivity index (χ1v) is 9.49. The zero-order valence-electron chi connectivity index (χ0n) is 16.1. The SMILES string of the molecule is CCC(CO)NC(=O)c1cc(C=CC2CCC(C(F)(F)F)CC2)c(OC)cn1. The van der Waals surface area contributed by atoms with Crippen LogP contribution in [0.15, 0.2) is 18.3 Å². The second-order valence-electron chi connectivity index (χ2n) is 7.09. The highest BCUT2D eigenvalue weighted by atomic mass is 19.4. The van der Waals surface area contributed by atoms with E-state index in [2.05, 4.69) is 10.3 Å². The predicted octanol–water partition coefficient (Wildman–Crippen LogP) is 3.97. The zero-order valence-corrected chi connectivity index (χ0v) is 16.1. The number of nitrogens with one attached hydrogen (secondary N) is 1. The molecule has 0 radical (unpaired) electrons. The van der Waals surface area contributed by atoms with Crippen LogP contribution in [0.3, 0.4) is 0 Å². The normalized spacial score (nSPS) is 21.5. The molecule has 0 spiro atoms. The Bertz CT molecular complexity index is 680. The van der Waals surface area contributed by atoms with Gasteiger partial charge in [0.15, 0.2) is 0 Å². The summed E-state index contributed by atoms with van der Waals surface area (Å²) in [7, 11) is 1.49. The first kappa shape index (κ1) is 22.2. The van der Waals surface area contributed by atoms with Gasteiger partial charge in [0.1, 0.15) is 11.4 Å². The lowest BCUT2D eigenvalue weighted by atomic mass is 9.81. The van der Waals surface area contributed by atoms with Crippen molar-refractivity contribution in [1.82, 2.24) is 10.3 Å². The van der Waals surface area contributed by atoms with Gasteiger partial charge in [-0.15, -0.1) is 0 Å². The van der Waals surface area contributed by atoms with Crippen molar-refractivity contribution < 1.29 is 27.8 Å². The van der Waals surface area contributed by atoms with Crippen molar-refractivity contribution >= 4 is 12.0 Å². The van der Waals surface area contributed by atoms with Gasteiger partial charge in [-0.25, -0.2) is 4.98 Å². The molecule has 1 aliphatic rings. The minimum atomic E-state index is -4.11. The van der Waals surface area contributed by atoms with Crippen LogP contribution in [-0.2, 0) is 0 Å². The molecule has 0 aromatic carbocycles. The van der Waals surface area contributed by atoms with Crippen LogP contribution in [0.4, 0.5) is 13.2 Å². The monoisotopic (exact) mass is 400 g/mol. The average molecular weight is 400 g/mol. The molecule has 0 aliphatic heterocycles. The second kappa shape index (κ2) is 9.91. The summed E-state index contributed by atoms with van der Waals surface area (Å²) in [6.07, 6.45) is 2.81. The van der Waals surface area contributed by atoms with E-state index in [1.807, 2.05) is 13.0 Å². The highest BCUT2D eigenvalue weighted by Crippen LogP contribution is 2.40. The van der Waals surface area contributed by atoms with Crippen LogP contribution in [0, 0.1) is 11.8 Å². The number of methoxy groups -OCH3 is 1. The minimum absolute atomic E-state index is 0.0626. The van der Waals surface area contributed by atoms with Gasteiger partial charge in [0.25, 0.3) is 5.91 Å². The van der Waals surface area contributed by atoms with Gasteiger partial charge in [0.05, 0.1) is 31.9 Å². The Morgan fingerprint density at radius 3 is 2.61 bits per heavy atom. The molecule has 1 heterocycles. The van der Waals surface area contributed by atoms with Gasteiger partial charge >= 0.3 is 6.18 Å². The van der Waals surface area contributed by atoms with Crippen molar-refractivity contribution in [2.24, 2.45) is 11.8 Å². The lowest BCUT2D eigenvalue weighted by molar-refractivity contribution is -0.183. The van der Waals surface area contributed by atoms with Crippen LogP contribution in [0.5, 0.6) is 5.75 Å². The summed E-state index contributed by atoms with van der Waals surface area (Å²) in [5.41, 5.74) is 0.825. The summed E-state index contributed by atoms with van der Waals surface area (Å²) in [6.45, 7) is 1.69. The van der Waals surface area contributed by atoms with E-state index >= 15 is 0 Å². The van der Waals surface area contributed by atoms with Gasteiger partial charge < -0.3 is 15.2 Å². The number of allylic oxidation sites excluding steroid dienone is 1. The Kier molecular flexibility index (Phi) is 7.86. The van der Waals surface area contributed by atoms with Gasteiger partial charge in [0.2, 0.25) is 0 Å². The van der Waals surface area contributed by atoms with Crippen molar-refractivity contribution in [1.29, 1.82) is 0 Å². The maximum absolute atomic E-state index is 12.8. The topological polar surface area (TPSA) is 71.5 Å². The summed E-state index contributed by atoms with van der Waals surface area (Å²) in [5.74, 6) is -1.07. The number of aliphatic hydroxyl groups is 1. The molecule has 2 N–H and O–H groups in total. The van der Waals surface area contributed by atoms with Crippen molar-refractivity contribution in [3.05, 3.63) is 29.6 Å². The van der Waals surface area contributed by atoms with E-state index in [-0.39, 0.29) is 37.1 Å². The number of nitrogens with zero attached hydrogens (tertiary/aromatic N) is 1. The first-order chi connectivity index (χ1) is 13.3. The smallest absolute Gasteiger partial charge is 0.391 e.